The van der Waals surface area contributed by atoms with Crippen LogP contribution in [-0.2, 0) is 24.1 Å². The van der Waals surface area contributed by atoms with Crippen molar-refractivity contribution in [2.24, 2.45) is 5.92 Å². The van der Waals surface area contributed by atoms with E-state index in [0.29, 0.717) is 12.1 Å². The highest BCUT2D eigenvalue weighted by Gasteiger charge is 2.29. The Morgan fingerprint density at radius 2 is 1.85 bits per heavy atom. The summed E-state index contributed by atoms with van der Waals surface area (Å²) in [6.45, 7) is 7.40. The van der Waals surface area contributed by atoms with Crippen molar-refractivity contribution in [2.75, 3.05) is 39.4 Å². The van der Waals surface area contributed by atoms with E-state index in [9.17, 15) is 0 Å². The van der Waals surface area contributed by atoms with Crippen molar-refractivity contribution in [1.29, 1.82) is 0 Å². The molecule has 5 nitrogen and oxygen atoms in total. The fourth-order valence-electron chi connectivity index (χ4n) is 6.07. The number of aryl methyl sites for hydroxylation is 1. The smallest absolute Gasteiger partial charge is 0.0607 e. The van der Waals surface area contributed by atoms with Gasteiger partial charge in [0.1, 0.15) is 0 Å². The SMILES string of the molecule is c1ccc2c(c1)CN[C@@H](CN(CCCCNCC1CCOCC1)[C@H]1CCCc3cccnc31)C2. The molecule has 1 saturated heterocycles. The first-order valence-electron chi connectivity index (χ1n) is 13.6. The molecule has 2 atom stereocenters. The van der Waals surface area contributed by atoms with E-state index in [1.165, 1.54) is 67.3 Å². The molecule has 2 aromatic rings. The standard InChI is InChI=1S/C29H42N4O/c1-2-8-26-21-32-27(19-25(26)7-1)22-33(28-11-5-9-24-10-6-15-31-29(24)28)16-4-3-14-30-20-23-12-17-34-18-13-23/h1-2,6-8,10,15,23,27-28,30,32H,3-5,9,11-14,16-22H2/t27-,28+/m1/s1. The molecule has 0 bridgehead atoms. The van der Waals surface area contributed by atoms with Crippen LogP contribution in [0.3, 0.4) is 0 Å². The molecule has 0 spiro atoms. The number of rotatable bonds is 10. The van der Waals surface area contributed by atoms with Gasteiger partial charge in [-0.3, -0.25) is 9.88 Å². The first-order chi connectivity index (χ1) is 16.9. The summed E-state index contributed by atoms with van der Waals surface area (Å²) >= 11 is 0. The van der Waals surface area contributed by atoms with Crippen molar-refractivity contribution in [3.8, 4) is 0 Å². The van der Waals surface area contributed by atoms with E-state index in [4.69, 9.17) is 9.72 Å². The van der Waals surface area contributed by atoms with Crippen molar-refractivity contribution in [2.45, 2.75) is 70.0 Å². The third-order valence-corrected chi connectivity index (χ3v) is 8.05. The summed E-state index contributed by atoms with van der Waals surface area (Å²) in [6, 6.07) is 14.3. The number of aromatic nitrogens is 1. The molecule has 2 aliphatic heterocycles. The maximum Gasteiger partial charge on any atom is 0.0607 e. The molecular weight excluding hydrogens is 420 g/mol. The number of pyridine rings is 1. The highest BCUT2D eigenvalue weighted by Crippen LogP contribution is 2.33. The molecule has 5 rings (SSSR count). The van der Waals surface area contributed by atoms with Crippen molar-refractivity contribution in [1.82, 2.24) is 20.5 Å². The summed E-state index contributed by atoms with van der Waals surface area (Å²) in [5.41, 5.74) is 5.78. The average Bonchev–Trinajstić information content (AvgIpc) is 2.90. The highest BCUT2D eigenvalue weighted by molar-refractivity contribution is 5.30. The number of benzene rings is 1. The molecule has 1 fully saturated rings. The number of hydrogen-bond donors (Lipinski definition) is 2. The molecule has 0 amide bonds. The zero-order chi connectivity index (χ0) is 23.0. The van der Waals surface area contributed by atoms with Crippen LogP contribution in [0.15, 0.2) is 42.6 Å². The number of nitrogens with zero attached hydrogens (tertiary/aromatic N) is 2. The zero-order valence-electron chi connectivity index (χ0n) is 20.7. The Hall–Kier alpha value is -1.79. The molecule has 5 heteroatoms. The van der Waals surface area contributed by atoms with Crippen LogP contribution in [0.2, 0.25) is 0 Å². The number of hydrogen-bond acceptors (Lipinski definition) is 5. The number of nitrogens with one attached hydrogen (secondary N) is 2. The molecule has 184 valence electrons. The Bertz CT molecular complexity index is 897. The van der Waals surface area contributed by atoms with Crippen molar-refractivity contribution >= 4 is 0 Å². The zero-order valence-corrected chi connectivity index (χ0v) is 20.7. The van der Waals surface area contributed by atoms with Gasteiger partial charge in [-0.1, -0.05) is 30.3 Å². The Morgan fingerprint density at radius 3 is 2.76 bits per heavy atom. The minimum Gasteiger partial charge on any atom is -0.381 e. The molecule has 1 aliphatic carbocycles. The predicted molar refractivity (Wildman–Crippen MR) is 138 cm³/mol. The van der Waals surface area contributed by atoms with Gasteiger partial charge in [-0.25, -0.2) is 0 Å². The molecule has 3 aliphatic rings. The minimum atomic E-state index is 0.458. The van der Waals surface area contributed by atoms with Crippen LogP contribution < -0.4 is 10.6 Å². The average molecular weight is 463 g/mol. The van der Waals surface area contributed by atoms with Gasteiger partial charge in [-0.2, -0.15) is 0 Å². The topological polar surface area (TPSA) is 49.4 Å². The van der Waals surface area contributed by atoms with E-state index in [-0.39, 0.29) is 0 Å². The summed E-state index contributed by atoms with van der Waals surface area (Å²) in [5, 5.41) is 7.55. The van der Waals surface area contributed by atoms with E-state index in [2.05, 4.69) is 51.9 Å². The first-order valence-corrected chi connectivity index (χ1v) is 13.6. The van der Waals surface area contributed by atoms with Crippen LogP contribution in [0.1, 0.15) is 67.0 Å². The second-order valence-corrected chi connectivity index (χ2v) is 10.5. The Kier molecular flexibility index (Phi) is 8.63. The third-order valence-electron chi connectivity index (χ3n) is 8.05. The van der Waals surface area contributed by atoms with Gasteiger partial charge in [0.15, 0.2) is 0 Å². The quantitative estimate of drug-likeness (QED) is 0.517. The molecular formula is C29H42N4O. The van der Waals surface area contributed by atoms with Crippen LogP contribution in [0.5, 0.6) is 0 Å². The lowest BCUT2D eigenvalue weighted by atomic mass is 9.89. The van der Waals surface area contributed by atoms with Gasteiger partial charge in [0.2, 0.25) is 0 Å². The molecule has 2 N–H and O–H groups in total. The van der Waals surface area contributed by atoms with Gasteiger partial charge >= 0.3 is 0 Å². The van der Waals surface area contributed by atoms with Gasteiger partial charge in [-0.05, 0) is 99.7 Å². The van der Waals surface area contributed by atoms with Crippen molar-refractivity contribution < 1.29 is 4.74 Å². The van der Waals surface area contributed by atoms with Gasteiger partial charge in [0.05, 0.1) is 11.7 Å². The molecule has 1 aromatic carbocycles. The molecule has 0 radical (unpaired) electrons. The monoisotopic (exact) mass is 462 g/mol. The predicted octanol–water partition coefficient (Wildman–Crippen LogP) is 4.27. The van der Waals surface area contributed by atoms with Crippen molar-refractivity contribution in [3.05, 3.63) is 65.0 Å². The fourth-order valence-corrected chi connectivity index (χ4v) is 6.07. The van der Waals surface area contributed by atoms with E-state index in [1.807, 2.05) is 6.20 Å². The molecule has 34 heavy (non-hydrogen) atoms. The Balaban J connectivity index is 1.17. The van der Waals surface area contributed by atoms with Crippen LogP contribution in [0.4, 0.5) is 0 Å². The van der Waals surface area contributed by atoms with Gasteiger partial charge in [0.25, 0.3) is 0 Å². The second-order valence-electron chi connectivity index (χ2n) is 10.5. The van der Waals surface area contributed by atoms with E-state index >= 15 is 0 Å². The largest absolute Gasteiger partial charge is 0.381 e. The Morgan fingerprint density at radius 1 is 1.00 bits per heavy atom. The Labute approximate surface area is 205 Å². The summed E-state index contributed by atoms with van der Waals surface area (Å²) in [4.78, 5) is 7.63. The molecule has 0 unspecified atom stereocenters. The van der Waals surface area contributed by atoms with Gasteiger partial charge in [0, 0.05) is 38.5 Å². The first kappa shape index (κ1) is 23.9. The van der Waals surface area contributed by atoms with Crippen LogP contribution in [0, 0.1) is 5.92 Å². The van der Waals surface area contributed by atoms with E-state index in [0.717, 1.165) is 58.3 Å². The lowest BCUT2D eigenvalue weighted by molar-refractivity contribution is 0.0663. The maximum atomic E-state index is 5.49. The number of fused-ring (bicyclic) bond motifs is 2. The molecule has 0 saturated carbocycles. The number of unbranched alkanes of at least 4 members (excludes halogenated alkanes) is 1. The second kappa shape index (κ2) is 12.3. The van der Waals surface area contributed by atoms with Gasteiger partial charge in [-0.15, -0.1) is 0 Å². The van der Waals surface area contributed by atoms with Crippen molar-refractivity contribution in [3.63, 3.8) is 0 Å². The summed E-state index contributed by atoms with van der Waals surface area (Å²) in [7, 11) is 0. The highest BCUT2D eigenvalue weighted by atomic mass is 16.5. The maximum absolute atomic E-state index is 5.49. The van der Waals surface area contributed by atoms with Crippen LogP contribution >= 0.6 is 0 Å². The van der Waals surface area contributed by atoms with Crippen LogP contribution in [0.25, 0.3) is 0 Å². The fraction of sp³-hybridized carbons (Fsp3) is 0.621. The van der Waals surface area contributed by atoms with Crippen LogP contribution in [-0.4, -0.2) is 55.3 Å². The molecule has 3 heterocycles. The minimum absolute atomic E-state index is 0.458. The summed E-state index contributed by atoms with van der Waals surface area (Å²) in [5.74, 6) is 0.801. The van der Waals surface area contributed by atoms with E-state index < -0.39 is 0 Å². The normalized spacial score (nSPS) is 23.0. The number of ether oxygens (including phenoxy) is 1. The third kappa shape index (κ3) is 6.25. The summed E-state index contributed by atoms with van der Waals surface area (Å²) < 4.78 is 5.49. The van der Waals surface area contributed by atoms with Gasteiger partial charge < -0.3 is 15.4 Å². The lowest BCUT2D eigenvalue weighted by Gasteiger charge is -2.38. The molecule has 1 aromatic heterocycles. The summed E-state index contributed by atoms with van der Waals surface area (Å²) in [6.07, 6.45) is 11.7. The van der Waals surface area contributed by atoms with E-state index in [1.54, 1.807) is 0 Å². The lowest BCUT2D eigenvalue weighted by Crippen LogP contribution is -2.46.